The van der Waals surface area contributed by atoms with Gasteiger partial charge in [-0.25, -0.2) is 9.37 Å². The average Bonchev–Trinajstić information content (AvgIpc) is 3.49. The van der Waals surface area contributed by atoms with E-state index in [-0.39, 0.29) is 30.8 Å². The molecule has 0 radical (unpaired) electrons. The van der Waals surface area contributed by atoms with Crippen LogP contribution in [0.25, 0.3) is 10.6 Å². The Morgan fingerprint density at radius 3 is 2.62 bits per heavy atom. The van der Waals surface area contributed by atoms with Gasteiger partial charge in [0.1, 0.15) is 10.8 Å². The Bertz CT molecular complexity index is 1370. The van der Waals surface area contributed by atoms with E-state index in [0.717, 1.165) is 5.56 Å². The number of thiazole rings is 1. The molecule has 1 aliphatic rings. The van der Waals surface area contributed by atoms with Crippen LogP contribution in [0.2, 0.25) is 0 Å². The summed E-state index contributed by atoms with van der Waals surface area (Å²) in [6, 6.07) is 17.9. The summed E-state index contributed by atoms with van der Waals surface area (Å²) in [6.45, 7) is 0.145. The number of carbonyl (C=O) groups is 2. The quantitative estimate of drug-likeness (QED) is 0.405. The summed E-state index contributed by atoms with van der Waals surface area (Å²) in [6.07, 6.45) is 0.0375. The topological polar surface area (TPSA) is 89.6 Å². The molecule has 170 valence electrons. The van der Waals surface area contributed by atoms with E-state index < -0.39 is 0 Å². The number of fused-ring (bicyclic) bond motifs is 1. The van der Waals surface area contributed by atoms with Crippen LogP contribution < -0.4 is 20.1 Å². The molecule has 1 aliphatic heterocycles. The summed E-state index contributed by atoms with van der Waals surface area (Å²) in [7, 11) is 0. The third kappa shape index (κ3) is 4.74. The first-order chi connectivity index (χ1) is 16.5. The Kier molecular flexibility index (Phi) is 5.92. The molecule has 0 saturated carbocycles. The Labute approximate surface area is 198 Å². The lowest BCUT2D eigenvalue weighted by molar-refractivity contribution is -0.115. The summed E-state index contributed by atoms with van der Waals surface area (Å²) in [5.74, 6) is 0.181. The zero-order valence-corrected chi connectivity index (χ0v) is 18.5. The number of aromatic nitrogens is 1. The predicted molar refractivity (Wildman–Crippen MR) is 127 cm³/mol. The summed E-state index contributed by atoms with van der Waals surface area (Å²) < 4.78 is 23.8. The first-order valence-corrected chi connectivity index (χ1v) is 11.2. The molecule has 4 aromatic rings. The van der Waals surface area contributed by atoms with Crippen molar-refractivity contribution >= 4 is 34.5 Å². The number of para-hydroxylation sites is 1. The molecule has 7 nitrogen and oxygen atoms in total. The molecule has 0 bridgehead atoms. The maximum Gasteiger partial charge on any atom is 0.257 e. The molecule has 1 aromatic heterocycles. The Morgan fingerprint density at radius 1 is 0.971 bits per heavy atom. The summed E-state index contributed by atoms with van der Waals surface area (Å²) in [4.78, 5) is 30.0. The molecule has 0 aliphatic carbocycles. The first-order valence-electron chi connectivity index (χ1n) is 10.4. The minimum absolute atomic E-state index is 0.0375. The molecule has 0 spiro atoms. The van der Waals surface area contributed by atoms with Gasteiger partial charge < -0.3 is 20.1 Å². The van der Waals surface area contributed by atoms with Crippen LogP contribution in [0.3, 0.4) is 0 Å². The summed E-state index contributed by atoms with van der Waals surface area (Å²) >= 11 is 1.38. The van der Waals surface area contributed by atoms with Crippen molar-refractivity contribution in [2.75, 3.05) is 17.4 Å². The van der Waals surface area contributed by atoms with Crippen LogP contribution in [0, 0.1) is 5.82 Å². The molecule has 34 heavy (non-hydrogen) atoms. The van der Waals surface area contributed by atoms with E-state index in [9.17, 15) is 14.0 Å². The molecule has 5 rings (SSSR count). The summed E-state index contributed by atoms with van der Waals surface area (Å²) in [5, 5.41) is 8.10. The fourth-order valence-electron chi connectivity index (χ4n) is 3.43. The van der Waals surface area contributed by atoms with Gasteiger partial charge in [-0.1, -0.05) is 12.1 Å². The number of amides is 2. The van der Waals surface area contributed by atoms with Crippen LogP contribution in [0.15, 0.2) is 72.1 Å². The van der Waals surface area contributed by atoms with E-state index >= 15 is 0 Å². The number of rotatable bonds is 6. The van der Waals surface area contributed by atoms with E-state index in [0.29, 0.717) is 39.1 Å². The molecular formula is C25H18FN3O4S. The molecule has 0 atom stereocenters. The molecule has 0 fully saturated rings. The zero-order valence-electron chi connectivity index (χ0n) is 17.7. The van der Waals surface area contributed by atoms with Crippen LogP contribution in [0.5, 0.6) is 11.5 Å². The fourth-order valence-corrected chi connectivity index (χ4v) is 4.26. The van der Waals surface area contributed by atoms with E-state index in [2.05, 4.69) is 15.6 Å². The Balaban J connectivity index is 1.26. The van der Waals surface area contributed by atoms with Crippen LogP contribution in [0.4, 0.5) is 15.8 Å². The van der Waals surface area contributed by atoms with Gasteiger partial charge in [0.2, 0.25) is 12.7 Å². The normalized spacial score (nSPS) is 11.8. The Hall–Kier alpha value is -4.24. The number of anilines is 2. The van der Waals surface area contributed by atoms with Crippen molar-refractivity contribution < 1.29 is 23.5 Å². The number of nitrogens with one attached hydrogen (secondary N) is 2. The molecule has 0 unspecified atom stereocenters. The highest BCUT2D eigenvalue weighted by Crippen LogP contribution is 2.34. The number of nitrogens with zero attached hydrogens (tertiary/aromatic N) is 1. The second kappa shape index (κ2) is 9.32. The Morgan fingerprint density at radius 2 is 1.76 bits per heavy atom. The average molecular weight is 476 g/mol. The van der Waals surface area contributed by atoms with Crippen molar-refractivity contribution in [1.29, 1.82) is 0 Å². The van der Waals surface area contributed by atoms with Crippen molar-refractivity contribution in [2.24, 2.45) is 0 Å². The second-order valence-corrected chi connectivity index (χ2v) is 8.30. The van der Waals surface area contributed by atoms with Gasteiger partial charge in [0.15, 0.2) is 11.5 Å². The number of benzene rings is 3. The van der Waals surface area contributed by atoms with E-state index in [1.807, 2.05) is 0 Å². The molecule has 0 saturated heterocycles. The lowest BCUT2D eigenvalue weighted by Crippen LogP contribution is -2.19. The van der Waals surface area contributed by atoms with Gasteiger partial charge in [-0.15, -0.1) is 11.3 Å². The smallest absolute Gasteiger partial charge is 0.257 e. The highest BCUT2D eigenvalue weighted by molar-refractivity contribution is 7.13. The minimum Gasteiger partial charge on any atom is -0.454 e. The predicted octanol–water partition coefficient (Wildman–Crippen LogP) is 5.11. The third-order valence-corrected chi connectivity index (χ3v) is 6.00. The number of halogens is 1. The molecule has 3 aromatic carbocycles. The zero-order chi connectivity index (χ0) is 23.5. The SMILES string of the molecule is O=C(Cc1csc(-c2ccc(F)cc2)n1)Nc1ccccc1C(=O)Nc1ccc2c(c1)OCO2. The monoisotopic (exact) mass is 475 g/mol. The molecule has 2 N–H and O–H groups in total. The third-order valence-electron chi connectivity index (χ3n) is 5.06. The van der Waals surface area contributed by atoms with Gasteiger partial charge in [0.05, 0.1) is 23.4 Å². The van der Waals surface area contributed by atoms with Crippen molar-refractivity contribution in [3.63, 3.8) is 0 Å². The maximum atomic E-state index is 13.1. The van der Waals surface area contributed by atoms with Gasteiger partial charge in [0, 0.05) is 22.7 Å². The van der Waals surface area contributed by atoms with Crippen LogP contribution in [0.1, 0.15) is 16.1 Å². The summed E-state index contributed by atoms with van der Waals surface area (Å²) in [5.41, 5.74) is 2.62. The minimum atomic E-state index is -0.373. The number of hydrogen-bond acceptors (Lipinski definition) is 6. The lowest BCUT2D eigenvalue weighted by atomic mass is 10.1. The standard InChI is InChI=1S/C25H18FN3O4S/c26-16-7-5-15(6-8-16)25-28-18(13-34-25)12-23(30)29-20-4-2-1-3-19(20)24(31)27-17-9-10-21-22(11-17)33-14-32-21/h1-11,13H,12,14H2,(H,27,31)(H,29,30). The van der Waals surface area contributed by atoms with E-state index in [4.69, 9.17) is 9.47 Å². The highest BCUT2D eigenvalue weighted by atomic mass is 32.1. The van der Waals surface area contributed by atoms with E-state index in [1.165, 1.54) is 23.5 Å². The number of hydrogen-bond donors (Lipinski definition) is 2. The van der Waals surface area contributed by atoms with Crippen molar-refractivity contribution in [2.45, 2.75) is 6.42 Å². The van der Waals surface area contributed by atoms with Crippen molar-refractivity contribution in [3.05, 3.63) is 89.2 Å². The van der Waals surface area contributed by atoms with Crippen LogP contribution >= 0.6 is 11.3 Å². The highest BCUT2D eigenvalue weighted by Gasteiger charge is 2.17. The number of ether oxygens (including phenoxy) is 2. The van der Waals surface area contributed by atoms with Crippen molar-refractivity contribution in [3.8, 4) is 22.1 Å². The number of carbonyl (C=O) groups excluding carboxylic acids is 2. The second-order valence-electron chi connectivity index (χ2n) is 7.44. The largest absolute Gasteiger partial charge is 0.454 e. The van der Waals surface area contributed by atoms with Gasteiger partial charge >= 0.3 is 0 Å². The molecule has 2 heterocycles. The lowest BCUT2D eigenvalue weighted by Gasteiger charge is -2.11. The molecule has 9 heteroatoms. The maximum absolute atomic E-state index is 13.1. The molecular weight excluding hydrogens is 457 g/mol. The van der Waals surface area contributed by atoms with Crippen molar-refractivity contribution in [1.82, 2.24) is 4.98 Å². The van der Waals surface area contributed by atoms with Crippen LogP contribution in [-0.4, -0.2) is 23.6 Å². The van der Waals surface area contributed by atoms with E-state index in [1.54, 1.807) is 60.0 Å². The fraction of sp³-hybridized carbons (Fsp3) is 0.0800. The van der Waals surface area contributed by atoms with Crippen LogP contribution in [-0.2, 0) is 11.2 Å². The van der Waals surface area contributed by atoms with Gasteiger partial charge in [-0.2, -0.15) is 0 Å². The first kappa shape index (κ1) is 21.6. The van der Waals surface area contributed by atoms with Gasteiger partial charge in [0.25, 0.3) is 5.91 Å². The molecule has 2 amide bonds. The van der Waals surface area contributed by atoms with Gasteiger partial charge in [-0.3, -0.25) is 9.59 Å². The van der Waals surface area contributed by atoms with Gasteiger partial charge in [-0.05, 0) is 48.5 Å².